The van der Waals surface area contributed by atoms with E-state index in [-0.39, 0.29) is 22.0 Å². The van der Waals surface area contributed by atoms with Crippen LogP contribution in [0.15, 0.2) is 23.8 Å². The van der Waals surface area contributed by atoms with Crippen molar-refractivity contribution in [1.82, 2.24) is 14.8 Å². The van der Waals surface area contributed by atoms with Crippen molar-refractivity contribution >= 4 is 22.9 Å². The molecular weight excluding hydrogens is 350 g/mol. The topological polar surface area (TPSA) is 69.0 Å². The van der Waals surface area contributed by atoms with Gasteiger partial charge in [0.05, 0.1) is 24.1 Å². The Balaban J connectivity index is 1.65. The van der Waals surface area contributed by atoms with Gasteiger partial charge in [0.1, 0.15) is 16.5 Å². The molecule has 0 aliphatic carbocycles. The highest BCUT2D eigenvalue weighted by Crippen LogP contribution is 2.38. The van der Waals surface area contributed by atoms with Crippen molar-refractivity contribution < 1.29 is 18.3 Å². The lowest BCUT2D eigenvalue weighted by molar-refractivity contribution is 0.102. The van der Waals surface area contributed by atoms with Gasteiger partial charge in [-0.1, -0.05) is 0 Å². The molecule has 3 heterocycles. The average Bonchev–Trinajstić information content (AvgIpc) is 3.28. The average molecular weight is 362 g/mol. The van der Waals surface area contributed by atoms with E-state index in [4.69, 9.17) is 4.74 Å². The van der Waals surface area contributed by atoms with E-state index in [9.17, 15) is 13.6 Å². The second-order valence-corrected chi connectivity index (χ2v) is 6.39. The number of anilines is 1. The number of benzene rings is 1. The van der Waals surface area contributed by atoms with Crippen molar-refractivity contribution in [2.24, 2.45) is 7.05 Å². The third-order valence-electron chi connectivity index (χ3n) is 3.78. The Labute approximate surface area is 145 Å². The van der Waals surface area contributed by atoms with Crippen LogP contribution in [0, 0.1) is 11.6 Å². The number of hydrogen-bond acceptors (Lipinski definition) is 5. The number of nitrogens with zero attached hydrogens (tertiary/aromatic N) is 3. The lowest BCUT2D eigenvalue weighted by Gasteiger charge is -2.06. The van der Waals surface area contributed by atoms with Crippen LogP contribution in [0.4, 0.5) is 14.5 Å². The van der Waals surface area contributed by atoms with E-state index in [1.807, 2.05) is 0 Å². The highest BCUT2D eigenvalue weighted by atomic mass is 32.1. The summed E-state index contributed by atoms with van der Waals surface area (Å²) in [6.07, 6.45) is 3.59. The molecule has 4 rings (SSSR count). The lowest BCUT2D eigenvalue weighted by Crippen LogP contribution is -2.11. The number of rotatable bonds is 3. The number of amides is 1. The molecule has 3 aromatic rings. The van der Waals surface area contributed by atoms with Gasteiger partial charge >= 0.3 is 0 Å². The number of thiazole rings is 1. The Kier molecular flexibility index (Phi) is 3.72. The molecule has 25 heavy (non-hydrogen) atoms. The van der Waals surface area contributed by atoms with Gasteiger partial charge in [-0.05, 0) is 6.07 Å². The molecule has 1 amide bonds. The molecule has 1 aromatic carbocycles. The summed E-state index contributed by atoms with van der Waals surface area (Å²) in [5.41, 5.74) is 0.810. The SMILES string of the molecule is Cn1cc(NC(=O)c2csc(-c3c(F)cc4c(c3F)OCC4)n2)cn1. The predicted molar refractivity (Wildman–Crippen MR) is 87.8 cm³/mol. The zero-order chi connectivity index (χ0) is 17.6. The van der Waals surface area contributed by atoms with E-state index < -0.39 is 17.5 Å². The maximum atomic E-state index is 14.6. The fourth-order valence-corrected chi connectivity index (χ4v) is 3.46. The minimum Gasteiger partial charge on any atom is -0.490 e. The van der Waals surface area contributed by atoms with Crippen LogP contribution in [0.3, 0.4) is 0 Å². The Morgan fingerprint density at radius 2 is 2.28 bits per heavy atom. The molecule has 2 aromatic heterocycles. The van der Waals surface area contributed by atoms with Gasteiger partial charge < -0.3 is 10.1 Å². The van der Waals surface area contributed by atoms with E-state index in [2.05, 4.69) is 15.4 Å². The maximum absolute atomic E-state index is 14.6. The van der Waals surface area contributed by atoms with Gasteiger partial charge in [-0.15, -0.1) is 11.3 Å². The van der Waals surface area contributed by atoms with Crippen LogP contribution < -0.4 is 10.1 Å². The summed E-state index contributed by atoms with van der Waals surface area (Å²) in [6, 6.07) is 1.26. The summed E-state index contributed by atoms with van der Waals surface area (Å²) >= 11 is 0.992. The Morgan fingerprint density at radius 3 is 3.04 bits per heavy atom. The molecule has 0 radical (unpaired) electrons. The molecule has 0 fully saturated rings. The van der Waals surface area contributed by atoms with Crippen molar-refractivity contribution in [3.63, 3.8) is 0 Å². The molecule has 0 spiro atoms. The van der Waals surface area contributed by atoms with E-state index >= 15 is 0 Å². The quantitative estimate of drug-likeness (QED) is 0.778. The number of nitrogens with one attached hydrogen (secondary N) is 1. The molecular formula is C16H12F2N4O2S. The van der Waals surface area contributed by atoms with Crippen molar-refractivity contribution in [3.8, 4) is 16.3 Å². The van der Waals surface area contributed by atoms with E-state index in [0.29, 0.717) is 24.3 Å². The summed E-state index contributed by atoms with van der Waals surface area (Å²) in [4.78, 5) is 16.3. The molecule has 0 saturated carbocycles. The first kappa shape index (κ1) is 15.7. The van der Waals surface area contributed by atoms with Crippen molar-refractivity contribution in [2.45, 2.75) is 6.42 Å². The summed E-state index contributed by atoms with van der Waals surface area (Å²) in [5.74, 6) is -1.90. The standard InChI is InChI=1S/C16H12F2N4O2S/c1-22-6-9(5-19-22)20-15(23)11-7-25-16(21-11)12-10(17)4-8-2-3-24-14(8)13(12)18/h4-7H,2-3H2,1H3,(H,20,23). The number of aryl methyl sites for hydroxylation is 1. The van der Waals surface area contributed by atoms with Crippen LogP contribution in [0.25, 0.3) is 10.6 Å². The van der Waals surface area contributed by atoms with Crippen LogP contribution in [-0.4, -0.2) is 27.3 Å². The number of ether oxygens (including phenoxy) is 1. The number of halogens is 2. The fraction of sp³-hybridized carbons (Fsp3) is 0.188. The normalized spacial score (nSPS) is 12.8. The van der Waals surface area contributed by atoms with Gasteiger partial charge in [-0.2, -0.15) is 5.10 Å². The zero-order valence-corrected chi connectivity index (χ0v) is 13.9. The lowest BCUT2D eigenvalue weighted by atomic mass is 10.1. The first-order valence-corrected chi connectivity index (χ1v) is 8.30. The number of hydrogen-bond donors (Lipinski definition) is 1. The Hall–Kier alpha value is -2.81. The minimum atomic E-state index is -0.777. The van der Waals surface area contributed by atoms with Gasteiger partial charge in [0.15, 0.2) is 11.6 Å². The van der Waals surface area contributed by atoms with Gasteiger partial charge in [0, 0.05) is 30.6 Å². The third kappa shape index (κ3) is 2.76. The van der Waals surface area contributed by atoms with Gasteiger partial charge in [0.25, 0.3) is 5.91 Å². The van der Waals surface area contributed by atoms with Crippen molar-refractivity contribution in [3.05, 3.63) is 46.7 Å². The van der Waals surface area contributed by atoms with Crippen molar-refractivity contribution in [1.29, 1.82) is 0 Å². The summed E-state index contributed by atoms with van der Waals surface area (Å²) < 4.78 is 35.6. The summed E-state index contributed by atoms with van der Waals surface area (Å²) in [5, 5.41) is 8.11. The summed E-state index contributed by atoms with van der Waals surface area (Å²) in [6.45, 7) is 0.325. The second kappa shape index (κ2) is 5.92. The highest BCUT2D eigenvalue weighted by Gasteiger charge is 2.26. The monoisotopic (exact) mass is 362 g/mol. The number of carbonyl (C=O) groups excluding carboxylic acids is 1. The van der Waals surface area contributed by atoms with Gasteiger partial charge in [-0.25, -0.2) is 13.8 Å². The molecule has 1 aliphatic rings. The Morgan fingerprint density at radius 1 is 1.44 bits per heavy atom. The van der Waals surface area contributed by atoms with Crippen molar-refractivity contribution in [2.75, 3.05) is 11.9 Å². The first-order chi connectivity index (χ1) is 12.0. The molecule has 0 saturated heterocycles. The van der Waals surface area contributed by atoms with E-state index in [1.54, 1.807) is 13.2 Å². The van der Waals surface area contributed by atoms with Gasteiger partial charge in [0.2, 0.25) is 0 Å². The minimum absolute atomic E-state index is 0.0629. The zero-order valence-electron chi connectivity index (χ0n) is 13.0. The van der Waals surface area contributed by atoms with E-state index in [0.717, 1.165) is 11.3 Å². The summed E-state index contributed by atoms with van der Waals surface area (Å²) in [7, 11) is 1.72. The molecule has 9 heteroatoms. The second-order valence-electron chi connectivity index (χ2n) is 5.53. The largest absolute Gasteiger partial charge is 0.490 e. The number of fused-ring (bicyclic) bond motifs is 1. The van der Waals surface area contributed by atoms with Crippen LogP contribution >= 0.6 is 11.3 Å². The molecule has 1 N–H and O–H groups in total. The predicted octanol–water partition coefficient (Wildman–Crippen LogP) is 3.01. The third-order valence-corrected chi connectivity index (χ3v) is 4.64. The molecule has 0 atom stereocenters. The highest BCUT2D eigenvalue weighted by molar-refractivity contribution is 7.13. The smallest absolute Gasteiger partial charge is 0.275 e. The molecule has 6 nitrogen and oxygen atoms in total. The first-order valence-electron chi connectivity index (χ1n) is 7.42. The van der Waals surface area contributed by atoms with Crippen LogP contribution in [0.5, 0.6) is 5.75 Å². The molecule has 128 valence electrons. The fourth-order valence-electron chi connectivity index (χ4n) is 2.62. The number of aromatic nitrogens is 3. The van der Waals surface area contributed by atoms with Crippen LogP contribution in [-0.2, 0) is 13.5 Å². The van der Waals surface area contributed by atoms with Gasteiger partial charge in [-0.3, -0.25) is 9.48 Å². The van der Waals surface area contributed by atoms with E-state index in [1.165, 1.54) is 22.3 Å². The van der Waals surface area contributed by atoms with Crippen LogP contribution in [0.2, 0.25) is 0 Å². The molecule has 0 unspecified atom stereocenters. The van der Waals surface area contributed by atoms with Crippen LogP contribution in [0.1, 0.15) is 16.1 Å². The molecule has 0 bridgehead atoms. The number of carbonyl (C=O) groups is 1. The maximum Gasteiger partial charge on any atom is 0.275 e. The Bertz CT molecular complexity index is 983. The molecule has 1 aliphatic heterocycles.